The summed E-state index contributed by atoms with van der Waals surface area (Å²) in [4.78, 5) is 19.4. The van der Waals surface area contributed by atoms with Gasteiger partial charge in [-0.15, -0.1) is 11.3 Å². The lowest BCUT2D eigenvalue weighted by Crippen LogP contribution is -2.38. The number of nitrogens with zero attached hydrogens (tertiary/aromatic N) is 3. The van der Waals surface area contributed by atoms with E-state index in [1.165, 1.54) is 0 Å². The second-order valence-corrected chi connectivity index (χ2v) is 6.92. The fourth-order valence-corrected chi connectivity index (χ4v) is 4.19. The maximum Gasteiger partial charge on any atom is 0.293 e. The minimum Gasteiger partial charge on any atom is -0.351 e. The van der Waals surface area contributed by atoms with E-state index in [1.54, 1.807) is 17.4 Å². The number of carbonyl (C=O) groups excluding carboxylic acids is 1. The summed E-state index contributed by atoms with van der Waals surface area (Å²) in [5.74, 6) is 0.227. The van der Waals surface area contributed by atoms with Crippen molar-refractivity contribution in [2.45, 2.75) is 32.2 Å². The Morgan fingerprint density at radius 3 is 3.00 bits per heavy atom. The average Bonchev–Trinajstić information content (AvgIpc) is 3.20. The Morgan fingerprint density at radius 2 is 2.22 bits per heavy atom. The second-order valence-electron chi connectivity index (χ2n) is 5.86. The smallest absolute Gasteiger partial charge is 0.293 e. The molecule has 1 aliphatic rings. The Hall–Kier alpha value is -2.21. The molecule has 3 heterocycles. The van der Waals surface area contributed by atoms with Gasteiger partial charge in [-0.2, -0.15) is 0 Å². The molecule has 1 saturated heterocycles. The van der Waals surface area contributed by atoms with Gasteiger partial charge < -0.3 is 9.42 Å². The van der Waals surface area contributed by atoms with Gasteiger partial charge in [0.25, 0.3) is 5.91 Å². The van der Waals surface area contributed by atoms with Gasteiger partial charge in [0, 0.05) is 12.6 Å². The number of rotatable bonds is 2. The highest BCUT2D eigenvalue weighted by atomic mass is 32.1. The molecule has 4 rings (SSSR count). The molecule has 1 amide bonds. The highest BCUT2D eigenvalue weighted by molar-refractivity contribution is 7.18. The van der Waals surface area contributed by atoms with Crippen LogP contribution in [0.3, 0.4) is 0 Å². The van der Waals surface area contributed by atoms with Crippen molar-refractivity contribution in [1.29, 1.82) is 0 Å². The van der Waals surface area contributed by atoms with E-state index in [9.17, 15) is 4.79 Å². The molecule has 1 aliphatic heterocycles. The molecule has 0 unspecified atom stereocenters. The van der Waals surface area contributed by atoms with Gasteiger partial charge in [0.05, 0.1) is 22.0 Å². The summed E-state index contributed by atoms with van der Waals surface area (Å²) >= 11 is 1.67. The number of aryl methyl sites for hydroxylation is 1. The Morgan fingerprint density at radius 1 is 1.35 bits per heavy atom. The molecule has 0 radical (unpaired) electrons. The first-order valence-electron chi connectivity index (χ1n) is 7.82. The van der Waals surface area contributed by atoms with Crippen LogP contribution in [-0.4, -0.2) is 27.5 Å². The fraction of sp³-hybridized carbons (Fsp3) is 0.353. The minimum absolute atomic E-state index is 0.0269. The maximum atomic E-state index is 12.8. The Labute approximate surface area is 137 Å². The number of benzene rings is 1. The molecule has 0 bridgehead atoms. The predicted molar refractivity (Wildman–Crippen MR) is 88.5 cm³/mol. The molecule has 0 N–H and O–H groups in total. The summed E-state index contributed by atoms with van der Waals surface area (Å²) in [7, 11) is 0. The molecule has 6 heteroatoms. The number of likely N-dealkylation sites (tertiary alicyclic amines) is 1. The van der Waals surface area contributed by atoms with Gasteiger partial charge in [0.15, 0.2) is 0 Å². The van der Waals surface area contributed by atoms with Crippen LogP contribution in [0, 0.1) is 6.92 Å². The second kappa shape index (κ2) is 5.77. The number of fused-ring (bicyclic) bond motifs is 1. The standard InChI is InChI=1S/C17H17N3O2S/c1-11-10-14(22-19-11)17(21)20-9-5-4-7-13(20)16-18-12-6-2-3-8-15(12)23-16/h2-3,6,8,10,13H,4-5,7,9H2,1H3/t13-/m1/s1. The molecule has 1 atom stereocenters. The van der Waals surface area contributed by atoms with Crippen molar-refractivity contribution in [2.24, 2.45) is 0 Å². The van der Waals surface area contributed by atoms with Gasteiger partial charge in [-0.1, -0.05) is 17.3 Å². The van der Waals surface area contributed by atoms with Gasteiger partial charge in [-0.3, -0.25) is 4.79 Å². The molecule has 0 saturated carbocycles. The number of amides is 1. The zero-order chi connectivity index (χ0) is 15.8. The van der Waals surface area contributed by atoms with Crippen LogP contribution in [-0.2, 0) is 0 Å². The normalized spacial score (nSPS) is 18.5. The zero-order valence-corrected chi connectivity index (χ0v) is 13.7. The summed E-state index contributed by atoms with van der Waals surface area (Å²) < 4.78 is 6.33. The lowest BCUT2D eigenvalue weighted by atomic mass is 10.0. The summed E-state index contributed by atoms with van der Waals surface area (Å²) in [5.41, 5.74) is 1.72. The maximum absolute atomic E-state index is 12.8. The van der Waals surface area contributed by atoms with Crippen LogP contribution < -0.4 is 0 Å². The molecule has 23 heavy (non-hydrogen) atoms. The first kappa shape index (κ1) is 14.4. The molecular weight excluding hydrogens is 310 g/mol. The van der Waals surface area contributed by atoms with Crippen LogP contribution in [0.4, 0.5) is 0 Å². The van der Waals surface area contributed by atoms with E-state index in [0.717, 1.165) is 46.7 Å². The van der Waals surface area contributed by atoms with E-state index in [4.69, 9.17) is 9.51 Å². The van der Waals surface area contributed by atoms with Gasteiger partial charge in [-0.05, 0) is 38.3 Å². The molecular formula is C17H17N3O2S. The molecule has 0 spiro atoms. The highest BCUT2D eigenvalue weighted by Crippen LogP contribution is 2.36. The largest absolute Gasteiger partial charge is 0.351 e. The summed E-state index contributed by atoms with van der Waals surface area (Å²) in [5, 5.41) is 4.84. The number of hydrogen-bond acceptors (Lipinski definition) is 5. The van der Waals surface area contributed by atoms with Gasteiger partial charge in [0.1, 0.15) is 5.01 Å². The van der Waals surface area contributed by atoms with Crippen LogP contribution >= 0.6 is 11.3 Å². The van der Waals surface area contributed by atoms with Crippen LogP contribution in [0.25, 0.3) is 10.2 Å². The number of thiazole rings is 1. The first-order valence-corrected chi connectivity index (χ1v) is 8.64. The van der Waals surface area contributed by atoms with Crippen molar-refractivity contribution >= 4 is 27.5 Å². The summed E-state index contributed by atoms with van der Waals surface area (Å²) in [6.07, 6.45) is 3.07. The van der Waals surface area contributed by atoms with Crippen molar-refractivity contribution in [3.63, 3.8) is 0 Å². The van der Waals surface area contributed by atoms with Crippen molar-refractivity contribution < 1.29 is 9.32 Å². The van der Waals surface area contributed by atoms with E-state index in [1.807, 2.05) is 30.0 Å². The Kier molecular flexibility index (Phi) is 3.61. The van der Waals surface area contributed by atoms with E-state index < -0.39 is 0 Å². The fourth-order valence-electron chi connectivity index (χ4n) is 3.07. The van der Waals surface area contributed by atoms with E-state index in [-0.39, 0.29) is 11.9 Å². The number of piperidine rings is 1. The van der Waals surface area contributed by atoms with Crippen molar-refractivity contribution in [3.05, 3.63) is 46.8 Å². The molecule has 0 aliphatic carbocycles. The zero-order valence-electron chi connectivity index (χ0n) is 12.9. The monoisotopic (exact) mass is 327 g/mol. The Balaban J connectivity index is 1.68. The topological polar surface area (TPSA) is 59.2 Å². The predicted octanol–water partition coefficient (Wildman–Crippen LogP) is 3.96. The van der Waals surface area contributed by atoms with E-state index in [2.05, 4.69) is 11.2 Å². The molecule has 5 nitrogen and oxygen atoms in total. The SMILES string of the molecule is Cc1cc(C(=O)N2CCCC[C@@H]2c2nc3ccccc3s2)on1. The summed E-state index contributed by atoms with van der Waals surface area (Å²) in [6.45, 7) is 2.56. The third-order valence-electron chi connectivity index (χ3n) is 4.20. The third kappa shape index (κ3) is 2.63. The van der Waals surface area contributed by atoms with E-state index >= 15 is 0 Å². The van der Waals surface area contributed by atoms with Crippen molar-refractivity contribution in [2.75, 3.05) is 6.54 Å². The number of para-hydroxylation sites is 1. The quantitative estimate of drug-likeness (QED) is 0.715. The van der Waals surface area contributed by atoms with Crippen LogP contribution in [0.2, 0.25) is 0 Å². The average molecular weight is 327 g/mol. The minimum atomic E-state index is -0.0884. The lowest BCUT2D eigenvalue weighted by molar-refractivity contribution is 0.0569. The van der Waals surface area contributed by atoms with Crippen molar-refractivity contribution in [3.8, 4) is 0 Å². The Bertz CT molecular complexity index is 821. The first-order chi connectivity index (χ1) is 11.2. The highest BCUT2D eigenvalue weighted by Gasteiger charge is 2.32. The van der Waals surface area contributed by atoms with Crippen LogP contribution in [0.5, 0.6) is 0 Å². The van der Waals surface area contributed by atoms with E-state index in [0.29, 0.717) is 5.76 Å². The van der Waals surface area contributed by atoms with Crippen LogP contribution in [0.1, 0.15) is 46.6 Å². The molecule has 1 fully saturated rings. The van der Waals surface area contributed by atoms with Crippen molar-refractivity contribution in [1.82, 2.24) is 15.0 Å². The van der Waals surface area contributed by atoms with Crippen LogP contribution in [0.15, 0.2) is 34.9 Å². The van der Waals surface area contributed by atoms with Gasteiger partial charge in [0.2, 0.25) is 5.76 Å². The molecule has 118 valence electrons. The third-order valence-corrected chi connectivity index (χ3v) is 5.34. The van der Waals surface area contributed by atoms with Gasteiger partial charge in [-0.25, -0.2) is 4.98 Å². The molecule has 1 aromatic carbocycles. The molecule has 3 aromatic rings. The number of aromatic nitrogens is 2. The molecule has 2 aromatic heterocycles. The lowest BCUT2D eigenvalue weighted by Gasteiger charge is -2.33. The number of carbonyl (C=O) groups is 1. The van der Waals surface area contributed by atoms with Gasteiger partial charge >= 0.3 is 0 Å². The summed E-state index contributed by atoms with van der Waals surface area (Å²) in [6, 6.07) is 9.83. The number of hydrogen-bond donors (Lipinski definition) is 0.